The first-order valence-electron chi connectivity index (χ1n) is 4.94. The predicted octanol–water partition coefficient (Wildman–Crippen LogP) is 3.00. The van der Waals surface area contributed by atoms with Crippen molar-refractivity contribution in [2.24, 2.45) is 0 Å². The fourth-order valence-corrected chi connectivity index (χ4v) is 1.88. The average molecular weight is 234 g/mol. The molecule has 2 aromatic rings. The average Bonchev–Trinajstić information content (AvgIpc) is 2.15. The van der Waals surface area contributed by atoms with Gasteiger partial charge in [0.15, 0.2) is 0 Å². The van der Waals surface area contributed by atoms with Crippen molar-refractivity contribution in [2.45, 2.75) is 13.8 Å². The van der Waals surface area contributed by atoms with Gasteiger partial charge in [0.25, 0.3) is 0 Å². The van der Waals surface area contributed by atoms with Gasteiger partial charge in [0.2, 0.25) is 0 Å². The van der Waals surface area contributed by atoms with Crippen molar-refractivity contribution >= 4 is 17.3 Å². The zero-order chi connectivity index (χ0) is 11.7. The number of hydrogen-bond acceptors (Lipinski definition) is 3. The van der Waals surface area contributed by atoms with Gasteiger partial charge in [-0.05, 0) is 38.1 Å². The molecule has 0 unspecified atom stereocenters. The largest absolute Gasteiger partial charge is 0.399 e. The maximum atomic E-state index is 6.13. The van der Waals surface area contributed by atoms with Crippen LogP contribution in [0.5, 0.6) is 0 Å². The van der Waals surface area contributed by atoms with Gasteiger partial charge in [0, 0.05) is 16.9 Å². The van der Waals surface area contributed by atoms with Crippen LogP contribution in [0.1, 0.15) is 11.5 Å². The van der Waals surface area contributed by atoms with Crippen LogP contribution in [0.2, 0.25) is 5.02 Å². The summed E-state index contributed by atoms with van der Waals surface area (Å²) in [6, 6.07) is 7.32. The molecule has 4 heteroatoms. The van der Waals surface area contributed by atoms with Gasteiger partial charge in [-0.3, -0.25) is 0 Å². The van der Waals surface area contributed by atoms with Gasteiger partial charge >= 0.3 is 0 Å². The lowest BCUT2D eigenvalue weighted by Crippen LogP contribution is -1.94. The van der Waals surface area contributed by atoms with E-state index in [0.29, 0.717) is 10.7 Å². The molecule has 0 radical (unpaired) electrons. The number of hydrogen-bond donors (Lipinski definition) is 1. The number of nitrogens with two attached hydrogens (primary N) is 1. The first kappa shape index (κ1) is 10.9. The molecule has 0 bridgehead atoms. The van der Waals surface area contributed by atoms with Crippen LogP contribution in [0, 0.1) is 13.8 Å². The summed E-state index contributed by atoms with van der Waals surface area (Å²) in [4.78, 5) is 8.59. The summed E-state index contributed by atoms with van der Waals surface area (Å²) in [5.41, 5.74) is 8.93. The molecular formula is C12H12ClN3. The highest BCUT2D eigenvalue weighted by Gasteiger charge is 2.06. The minimum Gasteiger partial charge on any atom is -0.399 e. The van der Waals surface area contributed by atoms with Crippen molar-refractivity contribution in [3.05, 3.63) is 40.8 Å². The van der Waals surface area contributed by atoms with Gasteiger partial charge in [-0.25, -0.2) is 9.97 Å². The zero-order valence-electron chi connectivity index (χ0n) is 9.16. The fraction of sp³-hybridized carbons (Fsp3) is 0.167. The Morgan fingerprint density at radius 1 is 1.12 bits per heavy atom. The number of anilines is 1. The van der Waals surface area contributed by atoms with Crippen LogP contribution < -0.4 is 5.73 Å². The molecule has 2 rings (SSSR count). The Morgan fingerprint density at radius 3 is 2.50 bits per heavy atom. The third-order valence-electron chi connectivity index (χ3n) is 2.24. The van der Waals surface area contributed by atoms with Crippen LogP contribution in [0.3, 0.4) is 0 Å². The smallest absolute Gasteiger partial charge is 0.126 e. The minimum absolute atomic E-state index is 0.609. The first-order valence-corrected chi connectivity index (χ1v) is 5.32. The Bertz CT molecular complexity index is 518. The summed E-state index contributed by atoms with van der Waals surface area (Å²) in [6.45, 7) is 3.80. The number of rotatable bonds is 1. The Balaban J connectivity index is 2.58. The van der Waals surface area contributed by atoms with Crippen molar-refractivity contribution in [1.82, 2.24) is 9.97 Å². The van der Waals surface area contributed by atoms with Crippen molar-refractivity contribution in [1.29, 1.82) is 0 Å². The third-order valence-corrected chi connectivity index (χ3v) is 2.55. The highest BCUT2D eigenvalue weighted by Crippen LogP contribution is 2.28. The van der Waals surface area contributed by atoms with E-state index in [2.05, 4.69) is 9.97 Å². The highest BCUT2D eigenvalue weighted by molar-refractivity contribution is 6.33. The van der Waals surface area contributed by atoms with E-state index in [4.69, 9.17) is 17.3 Å². The van der Waals surface area contributed by atoms with Crippen LogP contribution in [0.15, 0.2) is 24.3 Å². The summed E-state index contributed by atoms with van der Waals surface area (Å²) in [5.74, 6) is 0.739. The SMILES string of the molecule is Cc1cc(-c2ccc(N)cc2Cl)nc(C)n1. The molecule has 0 saturated heterocycles. The third kappa shape index (κ3) is 2.14. The molecule has 0 aliphatic carbocycles. The summed E-state index contributed by atoms with van der Waals surface area (Å²) in [7, 11) is 0. The molecule has 3 nitrogen and oxygen atoms in total. The molecule has 16 heavy (non-hydrogen) atoms. The number of nitrogen functional groups attached to an aromatic ring is 1. The number of nitrogens with zero attached hydrogens (tertiary/aromatic N) is 2. The molecular weight excluding hydrogens is 222 g/mol. The number of halogens is 1. The summed E-state index contributed by atoms with van der Waals surface area (Å²) < 4.78 is 0. The second-order valence-corrected chi connectivity index (χ2v) is 4.09. The molecule has 1 aromatic carbocycles. The first-order chi connectivity index (χ1) is 7.56. The van der Waals surface area contributed by atoms with Crippen molar-refractivity contribution in [3.63, 3.8) is 0 Å². The normalized spacial score (nSPS) is 10.4. The quantitative estimate of drug-likeness (QED) is 0.771. The molecule has 0 spiro atoms. The Kier molecular flexibility index (Phi) is 2.79. The molecule has 0 fully saturated rings. The highest BCUT2D eigenvalue weighted by atomic mass is 35.5. The van der Waals surface area contributed by atoms with E-state index in [0.717, 1.165) is 22.8 Å². The molecule has 0 atom stereocenters. The molecule has 0 amide bonds. The number of aryl methyl sites for hydroxylation is 2. The van der Waals surface area contributed by atoms with Crippen LogP contribution in [0.4, 0.5) is 5.69 Å². The lowest BCUT2D eigenvalue weighted by Gasteiger charge is -2.06. The van der Waals surface area contributed by atoms with E-state index in [1.165, 1.54) is 0 Å². The lowest BCUT2D eigenvalue weighted by molar-refractivity contribution is 1.02. The summed E-state index contributed by atoms with van der Waals surface area (Å²) in [5, 5.41) is 0.609. The summed E-state index contributed by atoms with van der Waals surface area (Å²) in [6.07, 6.45) is 0. The minimum atomic E-state index is 0.609. The summed E-state index contributed by atoms with van der Waals surface area (Å²) >= 11 is 6.13. The van der Waals surface area contributed by atoms with Gasteiger partial charge in [0.05, 0.1) is 10.7 Å². The van der Waals surface area contributed by atoms with Crippen molar-refractivity contribution < 1.29 is 0 Å². The van der Waals surface area contributed by atoms with E-state index in [1.807, 2.05) is 32.0 Å². The molecule has 2 N–H and O–H groups in total. The van der Waals surface area contributed by atoms with Crippen LogP contribution >= 0.6 is 11.6 Å². The zero-order valence-corrected chi connectivity index (χ0v) is 9.92. The van der Waals surface area contributed by atoms with Crippen molar-refractivity contribution in [2.75, 3.05) is 5.73 Å². The predicted molar refractivity (Wildman–Crippen MR) is 66.4 cm³/mol. The van der Waals surface area contributed by atoms with Crippen LogP contribution in [0.25, 0.3) is 11.3 Å². The molecule has 1 heterocycles. The second kappa shape index (κ2) is 4.10. The van der Waals surface area contributed by atoms with Gasteiger partial charge in [-0.1, -0.05) is 11.6 Å². The van der Waals surface area contributed by atoms with E-state index < -0.39 is 0 Å². The molecule has 0 saturated carbocycles. The van der Waals surface area contributed by atoms with Gasteiger partial charge in [-0.15, -0.1) is 0 Å². The monoisotopic (exact) mass is 233 g/mol. The Hall–Kier alpha value is -1.61. The molecule has 0 aliphatic rings. The topological polar surface area (TPSA) is 51.8 Å². The fourth-order valence-electron chi connectivity index (χ4n) is 1.59. The van der Waals surface area contributed by atoms with E-state index >= 15 is 0 Å². The lowest BCUT2D eigenvalue weighted by atomic mass is 10.1. The van der Waals surface area contributed by atoms with E-state index in [1.54, 1.807) is 6.07 Å². The second-order valence-electron chi connectivity index (χ2n) is 3.68. The molecule has 82 valence electrons. The van der Waals surface area contributed by atoms with Gasteiger partial charge in [-0.2, -0.15) is 0 Å². The van der Waals surface area contributed by atoms with Gasteiger partial charge < -0.3 is 5.73 Å². The maximum Gasteiger partial charge on any atom is 0.126 e. The number of benzene rings is 1. The van der Waals surface area contributed by atoms with Crippen LogP contribution in [-0.4, -0.2) is 9.97 Å². The Labute approximate surface area is 99.3 Å². The van der Waals surface area contributed by atoms with Crippen molar-refractivity contribution in [3.8, 4) is 11.3 Å². The van der Waals surface area contributed by atoms with E-state index in [9.17, 15) is 0 Å². The standard InChI is InChI=1S/C12H12ClN3/c1-7-5-12(16-8(2)15-7)10-4-3-9(14)6-11(10)13/h3-6H,14H2,1-2H3. The van der Waals surface area contributed by atoms with Crippen LogP contribution in [-0.2, 0) is 0 Å². The van der Waals surface area contributed by atoms with E-state index in [-0.39, 0.29) is 0 Å². The maximum absolute atomic E-state index is 6.13. The molecule has 1 aromatic heterocycles. The molecule has 0 aliphatic heterocycles. The number of aromatic nitrogens is 2. The van der Waals surface area contributed by atoms with Gasteiger partial charge in [0.1, 0.15) is 5.82 Å². The Morgan fingerprint density at radius 2 is 1.88 bits per heavy atom.